The summed E-state index contributed by atoms with van der Waals surface area (Å²) in [5.74, 6) is 2.85. The third-order valence-electron chi connectivity index (χ3n) is 3.44. The fraction of sp³-hybridized carbons (Fsp3) is 0.316. The molecule has 0 fully saturated rings. The maximum atomic E-state index is 11.8. The molecule has 0 bridgehead atoms. The Balaban J connectivity index is 1.52. The Hall–Kier alpha value is -1.85. The zero-order valence-corrected chi connectivity index (χ0v) is 15.7. The van der Waals surface area contributed by atoms with Crippen molar-refractivity contribution in [3.05, 3.63) is 59.1 Å². The molecule has 25 heavy (non-hydrogen) atoms. The lowest BCUT2D eigenvalue weighted by Gasteiger charge is -2.08. The second kappa shape index (κ2) is 10.9. The van der Waals surface area contributed by atoms with Crippen molar-refractivity contribution in [3.8, 4) is 11.5 Å². The third-order valence-corrected chi connectivity index (χ3v) is 4.61. The van der Waals surface area contributed by atoms with E-state index in [2.05, 4.69) is 5.32 Å². The van der Waals surface area contributed by atoms with Gasteiger partial charge >= 0.3 is 0 Å². The van der Waals surface area contributed by atoms with Crippen molar-refractivity contribution in [3.63, 3.8) is 0 Å². The Morgan fingerprint density at radius 3 is 2.44 bits per heavy atom. The molecule has 134 valence electrons. The van der Waals surface area contributed by atoms with Gasteiger partial charge in [-0.15, -0.1) is 11.8 Å². The van der Waals surface area contributed by atoms with E-state index >= 15 is 0 Å². The molecule has 0 aromatic heterocycles. The topological polar surface area (TPSA) is 47.6 Å². The highest BCUT2D eigenvalue weighted by Gasteiger charge is 2.02. The maximum absolute atomic E-state index is 11.8. The summed E-state index contributed by atoms with van der Waals surface area (Å²) in [4.78, 5) is 11.8. The van der Waals surface area contributed by atoms with Gasteiger partial charge in [-0.1, -0.05) is 23.7 Å². The first-order chi connectivity index (χ1) is 12.2. The Kier molecular flexibility index (Phi) is 8.49. The molecule has 0 saturated heterocycles. The highest BCUT2D eigenvalue weighted by molar-refractivity contribution is 7.99. The number of carbonyl (C=O) groups excluding carboxylic acids is 1. The summed E-state index contributed by atoms with van der Waals surface area (Å²) in [7, 11) is 1.63. The summed E-state index contributed by atoms with van der Waals surface area (Å²) in [6.07, 6.45) is 0.800. The number of ether oxygens (including phenoxy) is 2. The molecule has 2 aromatic rings. The van der Waals surface area contributed by atoms with Crippen molar-refractivity contribution in [2.24, 2.45) is 0 Å². The second-order valence-electron chi connectivity index (χ2n) is 5.30. The summed E-state index contributed by atoms with van der Waals surface area (Å²) in [5.41, 5.74) is 1.16. The van der Waals surface area contributed by atoms with Crippen LogP contribution in [0.1, 0.15) is 5.56 Å². The minimum Gasteiger partial charge on any atom is -0.497 e. The van der Waals surface area contributed by atoms with Crippen LogP contribution >= 0.6 is 23.4 Å². The summed E-state index contributed by atoms with van der Waals surface area (Å²) >= 11 is 7.40. The molecular formula is C19H22ClNO3S. The van der Waals surface area contributed by atoms with Crippen LogP contribution in [0.3, 0.4) is 0 Å². The smallest absolute Gasteiger partial charge is 0.230 e. The fourth-order valence-corrected chi connectivity index (χ4v) is 2.86. The van der Waals surface area contributed by atoms with E-state index in [1.807, 2.05) is 48.5 Å². The van der Waals surface area contributed by atoms with Gasteiger partial charge in [-0.25, -0.2) is 0 Å². The van der Waals surface area contributed by atoms with E-state index in [-0.39, 0.29) is 5.91 Å². The first-order valence-corrected chi connectivity index (χ1v) is 9.56. The molecular weight excluding hydrogens is 358 g/mol. The number of hydrogen-bond acceptors (Lipinski definition) is 4. The lowest BCUT2D eigenvalue weighted by Crippen LogP contribution is -2.27. The minimum absolute atomic E-state index is 0.0448. The number of rotatable bonds is 10. The van der Waals surface area contributed by atoms with Crippen LogP contribution in [0.5, 0.6) is 11.5 Å². The van der Waals surface area contributed by atoms with Crippen molar-refractivity contribution in [2.45, 2.75) is 6.42 Å². The number of hydrogen-bond donors (Lipinski definition) is 1. The molecule has 6 heteroatoms. The minimum atomic E-state index is 0.0448. The van der Waals surface area contributed by atoms with Crippen LogP contribution in [0.25, 0.3) is 0 Å². The molecule has 2 rings (SSSR count). The third kappa shape index (κ3) is 7.71. The molecule has 4 nitrogen and oxygen atoms in total. The molecule has 0 aliphatic carbocycles. The Morgan fingerprint density at radius 1 is 1.08 bits per heavy atom. The van der Waals surface area contributed by atoms with Crippen molar-refractivity contribution < 1.29 is 14.3 Å². The van der Waals surface area contributed by atoms with Crippen LogP contribution in [0, 0.1) is 0 Å². The van der Waals surface area contributed by atoms with E-state index in [1.54, 1.807) is 18.9 Å². The molecule has 0 spiro atoms. The molecule has 0 aliphatic heterocycles. The predicted molar refractivity (Wildman–Crippen MR) is 104 cm³/mol. The van der Waals surface area contributed by atoms with Crippen molar-refractivity contribution in [1.29, 1.82) is 0 Å². The fourth-order valence-electron chi connectivity index (χ4n) is 2.10. The molecule has 0 atom stereocenters. The van der Waals surface area contributed by atoms with E-state index in [0.29, 0.717) is 18.9 Å². The number of carbonyl (C=O) groups is 1. The second-order valence-corrected chi connectivity index (χ2v) is 6.84. The first kappa shape index (κ1) is 19.5. The van der Waals surface area contributed by atoms with Gasteiger partial charge in [-0.2, -0.15) is 0 Å². The van der Waals surface area contributed by atoms with Gasteiger partial charge in [0.05, 0.1) is 19.5 Å². The standard InChI is InChI=1S/C19H22ClNO3S/c1-23-17-6-8-18(9-7-17)24-12-13-25-14-19(22)21-11-10-15-2-4-16(20)5-3-15/h2-9H,10-14H2,1H3,(H,21,22). The van der Waals surface area contributed by atoms with Crippen LogP contribution < -0.4 is 14.8 Å². The number of thioether (sulfide) groups is 1. The molecule has 0 radical (unpaired) electrons. The quantitative estimate of drug-likeness (QED) is 0.637. The largest absolute Gasteiger partial charge is 0.497 e. The zero-order chi connectivity index (χ0) is 17.9. The Morgan fingerprint density at radius 2 is 1.76 bits per heavy atom. The van der Waals surface area contributed by atoms with E-state index in [0.717, 1.165) is 34.3 Å². The zero-order valence-electron chi connectivity index (χ0n) is 14.2. The molecule has 0 unspecified atom stereocenters. The highest BCUT2D eigenvalue weighted by atomic mass is 35.5. The average molecular weight is 380 g/mol. The molecule has 1 amide bonds. The van der Waals surface area contributed by atoms with Gasteiger partial charge in [0, 0.05) is 17.3 Å². The van der Waals surface area contributed by atoms with E-state index in [4.69, 9.17) is 21.1 Å². The van der Waals surface area contributed by atoms with Crippen LogP contribution in [-0.4, -0.2) is 37.7 Å². The monoisotopic (exact) mass is 379 g/mol. The van der Waals surface area contributed by atoms with Gasteiger partial charge in [0.1, 0.15) is 11.5 Å². The van der Waals surface area contributed by atoms with Gasteiger partial charge in [-0.05, 0) is 48.4 Å². The molecule has 0 aliphatic rings. The van der Waals surface area contributed by atoms with Crippen molar-refractivity contribution in [2.75, 3.05) is 31.8 Å². The number of halogens is 1. The van der Waals surface area contributed by atoms with Gasteiger partial charge < -0.3 is 14.8 Å². The average Bonchev–Trinajstić information content (AvgIpc) is 2.63. The number of amides is 1. The summed E-state index contributed by atoms with van der Waals surface area (Å²) in [6, 6.07) is 15.1. The normalized spacial score (nSPS) is 10.3. The summed E-state index contributed by atoms with van der Waals surface area (Å²) in [6.45, 7) is 1.19. The van der Waals surface area contributed by atoms with Gasteiger partial charge in [0.25, 0.3) is 0 Å². The molecule has 0 heterocycles. The van der Waals surface area contributed by atoms with E-state index < -0.39 is 0 Å². The molecule has 2 aromatic carbocycles. The number of nitrogens with one attached hydrogen (secondary N) is 1. The van der Waals surface area contributed by atoms with Gasteiger partial charge in [0.15, 0.2) is 0 Å². The van der Waals surface area contributed by atoms with Crippen LogP contribution in [0.15, 0.2) is 48.5 Å². The Labute approximate surface area is 157 Å². The van der Waals surface area contributed by atoms with E-state index in [9.17, 15) is 4.79 Å². The summed E-state index contributed by atoms with van der Waals surface area (Å²) in [5, 5.41) is 3.64. The SMILES string of the molecule is COc1ccc(OCCSCC(=O)NCCc2ccc(Cl)cc2)cc1. The Bertz CT molecular complexity index is 647. The van der Waals surface area contributed by atoms with Crippen molar-refractivity contribution >= 4 is 29.3 Å². The van der Waals surface area contributed by atoms with Gasteiger partial charge in [0.2, 0.25) is 5.91 Å². The van der Waals surface area contributed by atoms with Crippen LogP contribution in [-0.2, 0) is 11.2 Å². The lowest BCUT2D eigenvalue weighted by atomic mass is 10.1. The first-order valence-electron chi connectivity index (χ1n) is 8.03. The van der Waals surface area contributed by atoms with Gasteiger partial charge in [-0.3, -0.25) is 4.79 Å². The molecule has 1 N–H and O–H groups in total. The number of benzene rings is 2. The highest BCUT2D eigenvalue weighted by Crippen LogP contribution is 2.17. The predicted octanol–water partition coefficient (Wildman–Crippen LogP) is 3.82. The van der Waals surface area contributed by atoms with Crippen LogP contribution in [0.2, 0.25) is 5.02 Å². The summed E-state index contributed by atoms with van der Waals surface area (Å²) < 4.78 is 10.7. The lowest BCUT2D eigenvalue weighted by molar-refractivity contribution is -0.118. The number of methoxy groups -OCH3 is 1. The van der Waals surface area contributed by atoms with Crippen molar-refractivity contribution in [1.82, 2.24) is 5.32 Å². The van der Waals surface area contributed by atoms with E-state index in [1.165, 1.54) is 0 Å². The maximum Gasteiger partial charge on any atom is 0.230 e. The van der Waals surface area contributed by atoms with Crippen LogP contribution in [0.4, 0.5) is 0 Å². The molecule has 0 saturated carbocycles.